The van der Waals surface area contributed by atoms with Gasteiger partial charge in [0.2, 0.25) is 0 Å². The number of aromatic hydroxyl groups is 1. The number of nitrogens with zero attached hydrogens (tertiary/aromatic N) is 1. The molecule has 0 saturated carbocycles. The van der Waals surface area contributed by atoms with Crippen LogP contribution in [0.2, 0.25) is 0 Å². The van der Waals surface area contributed by atoms with Crippen molar-refractivity contribution in [1.29, 1.82) is 0 Å². The van der Waals surface area contributed by atoms with Crippen LogP contribution < -0.4 is 5.32 Å². The van der Waals surface area contributed by atoms with Crippen molar-refractivity contribution in [3.8, 4) is 5.75 Å². The average molecular weight is 234 g/mol. The fourth-order valence-corrected chi connectivity index (χ4v) is 2.41. The standard InChI is InChI=1S/C14H22N2O/c1-16(13-5-3-8-15-11-13)9-7-12-4-2-6-14(17)10-12/h2,4,6,10,13,15,17H,3,5,7-9,11H2,1H3. The molecule has 17 heavy (non-hydrogen) atoms. The van der Waals surface area contributed by atoms with Crippen molar-refractivity contribution in [2.75, 3.05) is 26.7 Å². The van der Waals surface area contributed by atoms with E-state index in [0.717, 1.165) is 26.1 Å². The van der Waals surface area contributed by atoms with Gasteiger partial charge < -0.3 is 15.3 Å². The molecule has 1 fully saturated rings. The Bertz CT molecular complexity index is 348. The molecule has 3 nitrogen and oxygen atoms in total. The molecule has 1 heterocycles. The molecule has 94 valence electrons. The molecule has 1 aliphatic heterocycles. The van der Waals surface area contributed by atoms with Gasteiger partial charge in [-0.25, -0.2) is 0 Å². The van der Waals surface area contributed by atoms with Gasteiger partial charge in [-0.15, -0.1) is 0 Å². The summed E-state index contributed by atoms with van der Waals surface area (Å²) in [6.45, 7) is 3.32. The van der Waals surface area contributed by atoms with Crippen LogP contribution in [0, 0.1) is 0 Å². The van der Waals surface area contributed by atoms with Crippen molar-refractivity contribution in [2.45, 2.75) is 25.3 Å². The maximum Gasteiger partial charge on any atom is 0.115 e. The van der Waals surface area contributed by atoms with Gasteiger partial charge in [0, 0.05) is 19.1 Å². The molecule has 0 radical (unpaired) electrons. The minimum Gasteiger partial charge on any atom is -0.508 e. The van der Waals surface area contributed by atoms with E-state index in [4.69, 9.17) is 0 Å². The first-order valence-corrected chi connectivity index (χ1v) is 6.44. The van der Waals surface area contributed by atoms with E-state index in [-0.39, 0.29) is 0 Å². The summed E-state index contributed by atoms with van der Waals surface area (Å²) in [5, 5.41) is 12.8. The fourth-order valence-electron chi connectivity index (χ4n) is 2.41. The smallest absolute Gasteiger partial charge is 0.115 e. The molecule has 2 rings (SSSR count). The van der Waals surface area contributed by atoms with Gasteiger partial charge in [-0.05, 0) is 50.6 Å². The minimum absolute atomic E-state index is 0.365. The fraction of sp³-hybridized carbons (Fsp3) is 0.571. The second kappa shape index (κ2) is 6.03. The van der Waals surface area contributed by atoms with E-state index in [9.17, 15) is 5.11 Å². The normalized spacial score (nSPS) is 20.7. The van der Waals surface area contributed by atoms with E-state index in [1.165, 1.54) is 18.4 Å². The minimum atomic E-state index is 0.365. The van der Waals surface area contributed by atoms with Crippen molar-refractivity contribution < 1.29 is 5.11 Å². The topological polar surface area (TPSA) is 35.5 Å². The van der Waals surface area contributed by atoms with Crippen molar-refractivity contribution in [2.24, 2.45) is 0 Å². The predicted molar refractivity (Wildman–Crippen MR) is 70.3 cm³/mol. The number of rotatable bonds is 4. The molecular weight excluding hydrogens is 212 g/mol. The molecule has 0 aromatic heterocycles. The van der Waals surface area contributed by atoms with Crippen molar-refractivity contribution in [3.63, 3.8) is 0 Å². The Labute approximate surface area is 103 Å². The number of likely N-dealkylation sites (N-methyl/N-ethyl adjacent to an activating group) is 1. The van der Waals surface area contributed by atoms with E-state index < -0.39 is 0 Å². The molecule has 1 atom stereocenters. The summed E-state index contributed by atoms with van der Waals surface area (Å²) in [7, 11) is 2.19. The third kappa shape index (κ3) is 3.72. The highest BCUT2D eigenvalue weighted by molar-refractivity contribution is 5.27. The van der Waals surface area contributed by atoms with E-state index in [0.29, 0.717) is 11.8 Å². The SMILES string of the molecule is CN(CCc1cccc(O)c1)C1CCCNC1. The molecule has 1 unspecified atom stereocenters. The molecule has 0 spiro atoms. The first kappa shape index (κ1) is 12.4. The van der Waals surface area contributed by atoms with Gasteiger partial charge in [0.25, 0.3) is 0 Å². The summed E-state index contributed by atoms with van der Waals surface area (Å²) in [4.78, 5) is 2.43. The van der Waals surface area contributed by atoms with Crippen LogP contribution in [0.4, 0.5) is 0 Å². The van der Waals surface area contributed by atoms with Gasteiger partial charge in [-0.1, -0.05) is 12.1 Å². The van der Waals surface area contributed by atoms with Gasteiger partial charge >= 0.3 is 0 Å². The van der Waals surface area contributed by atoms with Crippen molar-refractivity contribution in [1.82, 2.24) is 10.2 Å². The summed E-state index contributed by atoms with van der Waals surface area (Å²) < 4.78 is 0. The number of piperidine rings is 1. The molecule has 1 saturated heterocycles. The predicted octanol–water partition coefficient (Wildman–Crippen LogP) is 1.62. The quantitative estimate of drug-likeness (QED) is 0.831. The van der Waals surface area contributed by atoms with Crippen LogP contribution in [-0.2, 0) is 6.42 Å². The van der Waals surface area contributed by atoms with Crippen LogP contribution in [-0.4, -0.2) is 42.7 Å². The maximum absolute atomic E-state index is 9.40. The third-order valence-corrected chi connectivity index (χ3v) is 3.56. The van der Waals surface area contributed by atoms with Gasteiger partial charge in [0.15, 0.2) is 0 Å². The molecule has 0 aliphatic carbocycles. The lowest BCUT2D eigenvalue weighted by Gasteiger charge is -2.31. The molecule has 0 amide bonds. The van der Waals surface area contributed by atoms with Crippen LogP contribution in [0.1, 0.15) is 18.4 Å². The Kier molecular flexibility index (Phi) is 4.40. The zero-order valence-electron chi connectivity index (χ0n) is 10.5. The van der Waals surface area contributed by atoms with Crippen LogP contribution in [0.15, 0.2) is 24.3 Å². The Morgan fingerprint density at radius 3 is 3.06 bits per heavy atom. The highest BCUT2D eigenvalue weighted by Gasteiger charge is 2.16. The number of hydrogen-bond acceptors (Lipinski definition) is 3. The zero-order chi connectivity index (χ0) is 12.1. The molecule has 2 N–H and O–H groups in total. The summed E-state index contributed by atoms with van der Waals surface area (Å²) in [6, 6.07) is 8.23. The van der Waals surface area contributed by atoms with Gasteiger partial charge in [-0.3, -0.25) is 0 Å². The summed E-state index contributed by atoms with van der Waals surface area (Å²) in [6.07, 6.45) is 3.58. The molecule has 3 heteroatoms. The second-order valence-electron chi connectivity index (χ2n) is 4.90. The summed E-state index contributed by atoms with van der Waals surface area (Å²) in [5.41, 5.74) is 1.21. The summed E-state index contributed by atoms with van der Waals surface area (Å²) in [5.74, 6) is 0.365. The first-order chi connectivity index (χ1) is 8.25. The van der Waals surface area contributed by atoms with E-state index >= 15 is 0 Å². The molecule has 1 aliphatic rings. The Hall–Kier alpha value is -1.06. The zero-order valence-corrected chi connectivity index (χ0v) is 10.5. The van der Waals surface area contributed by atoms with Crippen molar-refractivity contribution >= 4 is 0 Å². The van der Waals surface area contributed by atoms with E-state index in [1.54, 1.807) is 6.07 Å². The largest absolute Gasteiger partial charge is 0.508 e. The number of hydrogen-bond donors (Lipinski definition) is 2. The summed E-state index contributed by atoms with van der Waals surface area (Å²) >= 11 is 0. The molecular formula is C14H22N2O. The van der Waals surface area contributed by atoms with Gasteiger partial charge in [0.1, 0.15) is 5.75 Å². The van der Waals surface area contributed by atoms with Crippen LogP contribution >= 0.6 is 0 Å². The maximum atomic E-state index is 9.40. The third-order valence-electron chi connectivity index (χ3n) is 3.56. The van der Waals surface area contributed by atoms with Gasteiger partial charge in [0.05, 0.1) is 0 Å². The number of nitrogens with one attached hydrogen (secondary N) is 1. The Morgan fingerprint density at radius 2 is 2.35 bits per heavy atom. The number of phenols is 1. The van der Waals surface area contributed by atoms with Crippen LogP contribution in [0.25, 0.3) is 0 Å². The molecule has 1 aromatic carbocycles. The Morgan fingerprint density at radius 1 is 1.47 bits per heavy atom. The molecule has 0 bridgehead atoms. The number of phenolic OH excluding ortho intramolecular Hbond substituents is 1. The lowest BCUT2D eigenvalue weighted by molar-refractivity contribution is 0.205. The van der Waals surface area contributed by atoms with Crippen LogP contribution in [0.3, 0.4) is 0 Å². The highest BCUT2D eigenvalue weighted by Crippen LogP contribution is 2.13. The highest BCUT2D eigenvalue weighted by atomic mass is 16.3. The lowest BCUT2D eigenvalue weighted by Crippen LogP contribution is -2.44. The monoisotopic (exact) mass is 234 g/mol. The van der Waals surface area contributed by atoms with E-state index in [2.05, 4.69) is 23.3 Å². The molecule has 1 aromatic rings. The Balaban J connectivity index is 1.80. The average Bonchev–Trinajstić information content (AvgIpc) is 2.37. The lowest BCUT2D eigenvalue weighted by atomic mass is 10.1. The number of benzene rings is 1. The second-order valence-corrected chi connectivity index (χ2v) is 4.90. The van der Waals surface area contributed by atoms with Crippen LogP contribution in [0.5, 0.6) is 5.75 Å². The first-order valence-electron chi connectivity index (χ1n) is 6.44. The van der Waals surface area contributed by atoms with Crippen molar-refractivity contribution in [3.05, 3.63) is 29.8 Å². The van der Waals surface area contributed by atoms with E-state index in [1.807, 2.05) is 12.1 Å². The van der Waals surface area contributed by atoms with Gasteiger partial charge in [-0.2, -0.15) is 0 Å².